The molecule has 0 unspecified atom stereocenters. The lowest BCUT2D eigenvalue weighted by Crippen LogP contribution is -2.45. The van der Waals surface area contributed by atoms with Gasteiger partial charge in [-0.25, -0.2) is 4.98 Å². The Kier molecular flexibility index (Phi) is 4.29. The Labute approximate surface area is 163 Å². The molecule has 2 aliphatic heterocycles. The van der Waals surface area contributed by atoms with Gasteiger partial charge in [-0.05, 0) is 23.8 Å². The first-order valence-electron chi connectivity index (χ1n) is 9.46. The van der Waals surface area contributed by atoms with Crippen molar-refractivity contribution >= 4 is 11.6 Å². The second-order valence-electron chi connectivity index (χ2n) is 7.21. The molecule has 1 aromatic carbocycles. The third-order valence-corrected chi connectivity index (χ3v) is 5.34. The van der Waals surface area contributed by atoms with Crippen LogP contribution in [0.15, 0.2) is 61.2 Å². The first-order chi connectivity index (χ1) is 13.8. The first kappa shape index (κ1) is 16.9. The van der Waals surface area contributed by atoms with E-state index >= 15 is 0 Å². The Morgan fingerprint density at radius 3 is 2.89 bits per heavy atom. The van der Waals surface area contributed by atoms with Crippen molar-refractivity contribution < 1.29 is 9.53 Å². The molecule has 2 atom stereocenters. The third kappa shape index (κ3) is 3.14. The summed E-state index contributed by atoms with van der Waals surface area (Å²) in [6.45, 7) is 1.76. The predicted molar refractivity (Wildman–Crippen MR) is 104 cm³/mol. The van der Waals surface area contributed by atoms with Gasteiger partial charge in [-0.15, -0.1) is 0 Å². The fraction of sp³-hybridized carbons (Fsp3) is 0.286. The maximum atomic E-state index is 13.6. The van der Waals surface area contributed by atoms with Gasteiger partial charge in [0.25, 0.3) is 0 Å². The molecule has 2 bridgehead atoms. The number of benzene rings is 1. The fourth-order valence-electron chi connectivity index (χ4n) is 4.05. The highest BCUT2D eigenvalue weighted by molar-refractivity contribution is 5.99. The van der Waals surface area contributed by atoms with Gasteiger partial charge >= 0.3 is 0 Å². The number of aromatic amines is 1. The van der Waals surface area contributed by atoms with E-state index in [1.54, 1.807) is 24.8 Å². The molecule has 142 valence electrons. The second-order valence-corrected chi connectivity index (χ2v) is 7.21. The molecular formula is C21H21N5O2. The molecule has 0 saturated carbocycles. The van der Waals surface area contributed by atoms with Gasteiger partial charge < -0.3 is 14.6 Å². The molecule has 5 rings (SSSR count). The Hall–Kier alpha value is -3.19. The van der Waals surface area contributed by atoms with Gasteiger partial charge in [0.05, 0.1) is 24.8 Å². The molecular weight excluding hydrogens is 354 g/mol. The first-order valence-corrected chi connectivity index (χ1v) is 9.46. The van der Waals surface area contributed by atoms with Gasteiger partial charge in [-0.3, -0.25) is 14.7 Å². The number of fused-ring (bicyclic) bond motifs is 3. The van der Waals surface area contributed by atoms with Gasteiger partial charge in [0.15, 0.2) is 0 Å². The molecule has 2 aliphatic rings. The number of likely N-dealkylation sites (tertiary alicyclic amines) is 1. The Morgan fingerprint density at radius 2 is 2.07 bits per heavy atom. The summed E-state index contributed by atoms with van der Waals surface area (Å²) in [5.74, 6) is 1.70. The molecule has 2 aromatic heterocycles. The number of hydrogen-bond acceptors (Lipinski definition) is 5. The van der Waals surface area contributed by atoms with Crippen molar-refractivity contribution in [2.75, 3.05) is 11.4 Å². The summed E-state index contributed by atoms with van der Waals surface area (Å²) in [5.41, 5.74) is 1.80. The van der Waals surface area contributed by atoms with Gasteiger partial charge in [0, 0.05) is 37.8 Å². The Balaban J connectivity index is 1.50. The van der Waals surface area contributed by atoms with E-state index in [9.17, 15) is 4.79 Å². The number of carbonyl (C=O) groups is 1. The zero-order valence-corrected chi connectivity index (χ0v) is 15.4. The topological polar surface area (TPSA) is 74.3 Å². The van der Waals surface area contributed by atoms with Crippen molar-refractivity contribution in [2.45, 2.75) is 31.7 Å². The van der Waals surface area contributed by atoms with Crippen LogP contribution in [0.25, 0.3) is 0 Å². The van der Waals surface area contributed by atoms with Crippen LogP contribution in [0.5, 0.6) is 5.75 Å². The average molecular weight is 375 g/mol. The van der Waals surface area contributed by atoms with E-state index in [1.165, 1.54) is 0 Å². The number of amides is 1. The summed E-state index contributed by atoms with van der Waals surface area (Å²) in [6, 6.07) is 11.4. The van der Waals surface area contributed by atoms with Crippen molar-refractivity contribution in [3.63, 3.8) is 0 Å². The number of anilines is 1. The van der Waals surface area contributed by atoms with Crippen molar-refractivity contribution in [1.82, 2.24) is 19.9 Å². The van der Waals surface area contributed by atoms with Crippen molar-refractivity contribution in [3.8, 4) is 5.75 Å². The maximum Gasteiger partial charge on any atom is 0.244 e. The molecule has 3 aromatic rings. The number of hydrogen-bond donors (Lipinski definition) is 1. The Morgan fingerprint density at radius 1 is 1.14 bits per heavy atom. The average Bonchev–Trinajstić information content (AvgIpc) is 3.37. The normalized spacial score (nSPS) is 21.7. The maximum absolute atomic E-state index is 13.6. The number of rotatable bonds is 4. The highest BCUT2D eigenvalue weighted by Gasteiger charge is 2.43. The van der Waals surface area contributed by atoms with E-state index < -0.39 is 0 Å². The van der Waals surface area contributed by atoms with E-state index in [-0.39, 0.29) is 18.1 Å². The van der Waals surface area contributed by atoms with E-state index in [4.69, 9.17) is 4.74 Å². The van der Waals surface area contributed by atoms with Crippen LogP contribution in [0.3, 0.4) is 0 Å². The van der Waals surface area contributed by atoms with E-state index in [0.717, 1.165) is 22.8 Å². The number of H-pyrrole nitrogens is 1. The van der Waals surface area contributed by atoms with Crippen molar-refractivity contribution in [2.24, 2.45) is 0 Å². The van der Waals surface area contributed by atoms with E-state index in [2.05, 4.69) is 19.9 Å². The molecule has 7 nitrogen and oxygen atoms in total. The zero-order valence-electron chi connectivity index (χ0n) is 15.4. The number of nitrogens with zero attached hydrogens (tertiary/aromatic N) is 4. The van der Waals surface area contributed by atoms with E-state index in [1.807, 2.05) is 41.3 Å². The predicted octanol–water partition coefficient (Wildman–Crippen LogP) is 2.37. The monoisotopic (exact) mass is 375 g/mol. The minimum atomic E-state index is -0.236. The quantitative estimate of drug-likeness (QED) is 0.758. The van der Waals surface area contributed by atoms with Gasteiger partial charge in [-0.2, -0.15) is 0 Å². The molecule has 1 N–H and O–H groups in total. The van der Waals surface area contributed by atoms with Crippen LogP contribution in [0.1, 0.15) is 17.8 Å². The number of nitrogens with one attached hydrogen (secondary N) is 1. The zero-order chi connectivity index (χ0) is 18.9. The number of ether oxygens (including phenoxy) is 1. The molecule has 0 aliphatic carbocycles. The van der Waals surface area contributed by atoms with Crippen LogP contribution in [0.2, 0.25) is 0 Å². The minimum Gasteiger partial charge on any atom is -0.487 e. The molecule has 0 spiro atoms. The molecule has 1 fully saturated rings. The van der Waals surface area contributed by atoms with Crippen LogP contribution >= 0.6 is 0 Å². The van der Waals surface area contributed by atoms with E-state index in [0.29, 0.717) is 26.1 Å². The summed E-state index contributed by atoms with van der Waals surface area (Å²) in [4.78, 5) is 29.3. The summed E-state index contributed by atoms with van der Waals surface area (Å²) in [6.07, 6.45) is 7.75. The largest absolute Gasteiger partial charge is 0.487 e. The smallest absolute Gasteiger partial charge is 0.244 e. The number of imidazole rings is 1. The molecule has 4 heterocycles. The van der Waals surface area contributed by atoms with Crippen molar-refractivity contribution in [3.05, 3.63) is 72.6 Å². The van der Waals surface area contributed by atoms with Gasteiger partial charge in [-0.1, -0.05) is 18.2 Å². The third-order valence-electron chi connectivity index (χ3n) is 5.34. The minimum absolute atomic E-state index is 0.00870. The van der Waals surface area contributed by atoms with Crippen LogP contribution in [0, 0.1) is 0 Å². The SMILES string of the molecule is O=C1[C@@H]2C[C@@H](CN2Cc2ncc[nH]2)Oc2ccccc2N1Cc1cccnc1. The molecule has 28 heavy (non-hydrogen) atoms. The Bertz CT molecular complexity index is 960. The lowest BCUT2D eigenvalue weighted by Gasteiger charge is -2.31. The summed E-state index contributed by atoms with van der Waals surface area (Å²) >= 11 is 0. The lowest BCUT2D eigenvalue weighted by molar-refractivity contribution is -0.123. The van der Waals surface area contributed by atoms with Crippen LogP contribution < -0.4 is 9.64 Å². The molecule has 0 radical (unpaired) electrons. The fourth-order valence-corrected chi connectivity index (χ4v) is 4.05. The second kappa shape index (κ2) is 7.09. The number of para-hydroxylation sites is 2. The number of aromatic nitrogens is 3. The van der Waals surface area contributed by atoms with Crippen LogP contribution in [-0.2, 0) is 17.9 Å². The molecule has 1 amide bonds. The standard InChI is InChI=1S/C21H21N5O2/c27-21-18-10-16(13-25(18)14-20-23-8-9-24-20)28-19-6-2-1-5-17(19)26(21)12-15-4-3-7-22-11-15/h1-9,11,16,18H,10,12-14H2,(H,23,24)/t16-,18-/m0/s1. The molecule has 7 heteroatoms. The summed E-state index contributed by atoms with van der Waals surface area (Å²) in [5, 5.41) is 0. The number of carbonyl (C=O) groups excluding carboxylic acids is 1. The van der Waals surface area contributed by atoms with Crippen LogP contribution in [0.4, 0.5) is 5.69 Å². The highest BCUT2D eigenvalue weighted by atomic mass is 16.5. The molecule has 1 saturated heterocycles. The van der Waals surface area contributed by atoms with Gasteiger partial charge in [0.1, 0.15) is 17.7 Å². The van der Waals surface area contributed by atoms with Gasteiger partial charge in [0.2, 0.25) is 5.91 Å². The van der Waals surface area contributed by atoms with Crippen LogP contribution in [-0.4, -0.2) is 44.4 Å². The summed E-state index contributed by atoms with van der Waals surface area (Å²) < 4.78 is 6.31. The highest BCUT2D eigenvalue weighted by Crippen LogP contribution is 2.37. The lowest BCUT2D eigenvalue weighted by atomic mass is 10.1. The number of pyridine rings is 1. The van der Waals surface area contributed by atoms with Crippen molar-refractivity contribution in [1.29, 1.82) is 0 Å². The summed E-state index contributed by atoms with van der Waals surface area (Å²) in [7, 11) is 0.